The molecular formula is C28H38N2O4. The summed E-state index contributed by atoms with van der Waals surface area (Å²) in [7, 11) is 1.62. The zero-order chi connectivity index (χ0) is 24.3. The second-order valence-electron chi connectivity index (χ2n) is 8.92. The van der Waals surface area contributed by atoms with E-state index >= 15 is 0 Å². The lowest BCUT2D eigenvalue weighted by molar-refractivity contribution is -0.143. The Morgan fingerprint density at radius 3 is 2.15 bits per heavy atom. The zero-order valence-corrected chi connectivity index (χ0v) is 20.7. The van der Waals surface area contributed by atoms with E-state index in [1.165, 1.54) is 12.0 Å². The molecule has 0 aromatic heterocycles. The monoisotopic (exact) mass is 466 g/mol. The van der Waals surface area contributed by atoms with Gasteiger partial charge in [-0.1, -0.05) is 57.4 Å². The van der Waals surface area contributed by atoms with Crippen LogP contribution in [0.3, 0.4) is 0 Å². The largest absolute Gasteiger partial charge is 0.497 e. The van der Waals surface area contributed by atoms with Gasteiger partial charge < -0.3 is 19.7 Å². The highest BCUT2D eigenvalue weighted by atomic mass is 16.5. The van der Waals surface area contributed by atoms with Gasteiger partial charge in [0.05, 0.1) is 7.11 Å². The van der Waals surface area contributed by atoms with Crippen molar-refractivity contribution < 1.29 is 19.1 Å². The number of amides is 2. The van der Waals surface area contributed by atoms with E-state index in [2.05, 4.69) is 12.2 Å². The minimum atomic E-state index is -0.553. The average Bonchev–Trinajstić information content (AvgIpc) is 2.88. The molecule has 1 N–H and O–H groups in total. The Morgan fingerprint density at radius 1 is 0.941 bits per heavy atom. The van der Waals surface area contributed by atoms with Crippen LogP contribution in [-0.2, 0) is 22.6 Å². The topological polar surface area (TPSA) is 67.9 Å². The molecule has 6 nitrogen and oxygen atoms in total. The van der Waals surface area contributed by atoms with Crippen LogP contribution in [-0.4, -0.2) is 42.5 Å². The van der Waals surface area contributed by atoms with Gasteiger partial charge in [-0.3, -0.25) is 9.59 Å². The SMILES string of the molecule is CCc1ccc(OCC(=O)N(Cc2ccc(OC)cc2)[C@H](CC)C(=O)NC2CCCCC2)cc1. The second kappa shape index (κ2) is 13.0. The smallest absolute Gasteiger partial charge is 0.261 e. The molecule has 184 valence electrons. The summed E-state index contributed by atoms with van der Waals surface area (Å²) >= 11 is 0. The fourth-order valence-corrected chi connectivity index (χ4v) is 4.44. The number of carbonyl (C=O) groups excluding carboxylic acids is 2. The van der Waals surface area contributed by atoms with Gasteiger partial charge in [-0.15, -0.1) is 0 Å². The Kier molecular flexibility index (Phi) is 9.80. The molecule has 0 unspecified atom stereocenters. The first kappa shape index (κ1) is 25.6. The second-order valence-corrected chi connectivity index (χ2v) is 8.92. The fourth-order valence-electron chi connectivity index (χ4n) is 4.44. The lowest BCUT2D eigenvalue weighted by Gasteiger charge is -2.32. The molecule has 0 heterocycles. The van der Waals surface area contributed by atoms with Gasteiger partial charge >= 0.3 is 0 Å². The van der Waals surface area contributed by atoms with Gasteiger partial charge in [0.1, 0.15) is 17.5 Å². The highest BCUT2D eigenvalue weighted by molar-refractivity contribution is 5.88. The number of benzene rings is 2. The van der Waals surface area contributed by atoms with Crippen LogP contribution in [0.25, 0.3) is 0 Å². The van der Waals surface area contributed by atoms with E-state index in [9.17, 15) is 9.59 Å². The lowest BCUT2D eigenvalue weighted by atomic mass is 9.95. The third-order valence-electron chi connectivity index (χ3n) is 6.54. The number of aryl methyl sites for hydroxylation is 1. The predicted octanol–water partition coefficient (Wildman–Crippen LogP) is 4.89. The van der Waals surface area contributed by atoms with Crippen molar-refractivity contribution in [3.05, 3.63) is 59.7 Å². The minimum Gasteiger partial charge on any atom is -0.497 e. The van der Waals surface area contributed by atoms with Crippen LogP contribution in [0.5, 0.6) is 11.5 Å². The summed E-state index contributed by atoms with van der Waals surface area (Å²) in [5.41, 5.74) is 2.15. The van der Waals surface area contributed by atoms with Crippen LogP contribution in [0.15, 0.2) is 48.5 Å². The summed E-state index contributed by atoms with van der Waals surface area (Å²) < 4.78 is 11.1. The van der Waals surface area contributed by atoms with Gasteiger partial charge in [-0.2, -0.15) is 0 Å². The number of hydrogen-bond acceptors (Lipinski definition) is 4. The number of ether oxygens (including phenoxy) is 2. The highest BCUT2D eigenvalue weighted by Crippen LogP contribution is 2.20. The van der Waals surface area contributed by atoms with Gasteiger partial charge in [-0.05, 0) is 61.1 Å². The Balaban J connectivity index is 1.73. The first-order valence-corrected chi connectivity index (χ1v) is 12.5. The van der Waals surface area contributed by atoms with Gasteiger partial charge in [0.15, 0.2) is 6.61 Å². The molecular weight excluding hydrogens is 428 g/mol. The first-order chi connectivity index (χ1) is 16.5. The van der Waals surface area contributed by atoms with Gasteiger partial charge in [-0.25, -0.2) is 0 Å². The molecule has 2 aromatic rings. The maximum atomic E-state index is 13.4. The number of methoxy groups -OCH3 is 1. The lowest BCUT2D eigenvalue weighted by Crippen LogP contribution is -2.52. The van der Waals surface area contributed by atoms with Crippen LogP contribution < -0.4 is 14.8 Å². The van der Waals surface area contributed by atoms with E-state index in [1.54, 1.807) is 12.0 Å². The van der Waals surface area contributed by atoms with Crippen LogP contribution in [0, 0.1) is 0 Å². The maximum Gasteiger partial charge on any atom is 0.261 e. The summed E-state index contributed by atoms with van der Waals surface area (Å²) in [6.07, 6.45) is 7.00. The van der Waals surface area contributed by atoms with Crippen molar-refractivity contribution in [2.75, 3.05) is 13.7 Å². The van der Waals surface area contributed by atoms with Crippen LogP contribution >= 0.6 is 0 Å². The molecule has 2 aromatic carbocycles. The van der Waals surface area contributed by atoms with Crippen LogP contribution in [0.4, 0.5) is 0 Å². The van der Waals surface area contributed by atoms with Crippen molar-refractivity contribution in [1.82, 2.24) is 10.2 Å². The van der Waals surface area contributed by atoms with Gasteiger partial charge in [0.2, 0.25) is 5.91 Å². The van der Waals surface area contributed by atoms with Crippen molar-refractivity contribution in [1.29, 1.82) is 0 Å². The number of hydrogen-bond donors (Lipinski definition) is 1. The summed E-state index contributed by atoms with van der Waals surface area (Å²) in [4.78, 5) is 28.3. The Bertz CT molecular complexity index is 905. The number of carbonyl (C=O) groups is 2. The third-order valence-corrected chi connectivity index (χ3v) is 6.54. The molecule has 1 fully saturated rings. The highest BCUT2D eigenvalue weighted by Gasteiger charge is 2.30. The van der Waals surface area contributed by atoms with Gasteiger partial charge in [0.25, 0.3) is 5.91 Å². The molecule has 0 radical (unpaired) electrons. The van der Waals surface area contributed by atoms with Crippen molar-refractivity contribution in [2.24, 2.45) is 0 Å². The molecule has 1 aliphatic rings. The first-order valence-electron chi connectivity index (χ1n) is 12.5. The van der Waals surface area contributed by atoms with Crippen molar-refractivity contribution in [3.8, 4) is 11.5 Å². The summed E-state index contributed by atoms with van der Waals surface area (Å²) in [5, 5.41) is 3.20. The third kappa shape index (κ3) is 7.24. The summed E-state index contributed by atoms with van der Waals surface area (Å²) in [5.74, 6) is 1.11. The molecule has 3 rings (SSSR count). The Morgan fingerprint density at radius 2 is 1.56 bits per heavy atom. The fraction of sp³-hybridized carbons (Fsp3) is 0.500. The van der Waals surface area contributed by atoms with E-state index in [0.29, 0.717) is 18.7 Å². The van der Waals surface area contributed by atoms with Crippen molar-refractivity contribution in [2.45, 2.75) is 77.4 Å². The Labute approximate surface area is 203 Å². The molecule has 0 spiro atoms. The number of nitrogens with one attached hydrogen (secondary N) is 1. The molecule has 2 amide bonds. The molecule has 1 aliphatic carbocycles. The molecule has 0 bridgehead atoms. The average molecular weight is 467 g/mol. The normalized spacial score (nSPS) is 14.8. The van der Waals surface area contributed by atoms with Crippen LogP contribution in [0.2, 0.25) is 0 Å². The molecule has 0 aliphatic heterocycles. The molecule has 6 heteroatoms. The van der Waals surface area contributed by atoms with E-state index < -0.39 is 6.04 Å². The van der Waals surface area contributed by atoms with E-state index in [-0.39, 0.29) is 24.5 Å². The number of rotatable bonds is 11. The van der Waals surface area contributed by atoms with E-state index in [1.807, 2.05) is 55.5 Å². The minimum absolute atomic E-state index is 0.0800. The van der Waals surface area contributed by atoms with Crippen LogP contribution in [0.1, 0.15) is 63.5 Å². The predicted molar refractivity (Wildman–Crippen MR) is 134 cm³/mol. The summed E-state index contributed by atoms with van der Waals surface area (Å²) in [6, 6.07) is 15.0. The standard InChI is InChI=1S/C28H38N2O4/c1-4-21-11-17-25(18-12-21)34-20-27(31)30(19-22-13-15-24(33-3)16-14-22)26(5-2)28(32)29-23-9-7-6-8-10-23/h11-18,23,26H,4-10,19-20H2,1-3H3,(H,29,32)/t26-/m1/s1. The van der Waals surface area contributed by atoms with Gasteiger partial charge in [0, 0.05) is 12.6 Å². The maximum absolute atomic E-state index is 13.4. The quantitative estimate of drug-likeness (QED) is 0.512. The zero-order valence-electron chi connectivity index (χ0n) is 20.7. The van der Waals surface area contributed by atoms with E-state index in [0.717, 1.165) is 43.4 Å². The number of nitrogens with zero attached hydrogens (tertiary/aromatic N) is 1. The van der Waals surface area contributed by atoms with Crippen molar-refractivity contribution in [3.63, 3.8) is 0 Å². The Hall–Kier alpha value is -3.02. The molecule has 1 saturated carbocycles. The summed E-state index contributed by atoms with van der Waals surface area (Å²) in [6.45, 7) is 4.26. The molecule has 34 heavy (non-hydrogen) atoms. The van der Waals surface area contributed by atoms with E-state index in [4.69, 9.17) is 9.47 Å². The molecule has 1 atom stereocenters. The molecule has 0 saturated heterocycles. The van der Waals surface area contributed by atoms with Crippen molar-refractivity contribution >= 4 is 11.8 Å².